The first kappa shape index (κ1) is 12.0. The van der Waals surface area contributed by atoms with Crippen LogP contribution in [0.25, 0.3) is 0 Å². The van der Waals surface area contributed by atoms with Gasteiger partial charge in [0.2, 0.25) is 0 Å². The third-order valence-corrected chi connectivity index (χ3v) is 3.46. The molecule has 0 aliphatic carbocycles. The summed E-state index contributed by atoms with van der Waals surface area (Å²) in [6.45, 7) is 6.05. The van der Waals surface area contributed by atoms with E-state index in [1.165, 1.54) is 6.20 Å². The molecule has 1 atom stereocenters. The van der Waals surface area contributed by atoms with Crippen molar-refractivity contribution in [3.63, 3.8) is 0 Å². The predicted molar refractivity (Wildman–Crippen MR) is 61.5 cm³/mol. The molecule has 0 fully saturated rings. The van der Waals surface area contributed by atoms with E-state index in [1.807, 2.05) is 13.0 Å². The Labute approximate surface area is 93.9 Å². The van der Waals surface area contributed by atoms with E-state index in [0.717, 1.165) is 17.0 Å². The lowest BCUT2D eigenvalue weighted by molar-refractivity contribution is 0.0692. The van der Waals surface area contributed by atoms with Gasteiger partial charge in [-0.2, -0.15) is 0 Å². The number of hydrogen-bond donors (Lipinski definition) is 1. The number of rotatable bonds is 4. The maximum atomic E-state index is 10.9. The summed E-state index contributed by atoms with van der Waals surface area (Å²) >= 11 is 1.59. The van der Waals surface area contributed by atoms with Gasteiger partial charge in [0.25, 0.3) is 0 Å². The van der Waals surface area contributed by atoms with Gasteiger partial charge in [-0.1, -0.05) is 13.8 Å². The molecule has 0 bridgehead atoms. The molecule has 1 unspecified atom stereocenters. The molecule has 0 saturated heterocycles. The van der Waals surface area contributed by atoms with Crippen molar-refractivity contribution in [2.45, 2.75) is 37.3 Å². The smallest absolute Gasteiger partial charge is 0.338 e. The van der Waals surface area contributed by atoms with Crippen molar-refractivity contribution in [3.8, 4) is 0 Å². The number of aromatic nitrogens is 1. The fourth-order valence-corrected chi connectivity index (χ4v) is 2.20. The van der Waals surface area contributed by atoms with Crippen LogP contribution < -0.4 is 0 Å². The van der Waals surface area contributed by atoms with Gasteiger partial charge in [0.1, 0.15) is 0 Å². The molecule has 0 saturated carbocycles. The van der Waals surface area contributed by atoms with Gasteiger partial charge in [-0.05, 0) is 19.4 Å². The van der Waals surface area contributed by atoms with E-state index in [4.69, 9.17) is 5.11 Å². The van der Waals surface area contributed by atoms with Crippen LogP contribution in [0, 0.1) is 6.92 Å². The van der Waals surface area contributed by atoms with Crippen molar-refractivity contribution in [1.82, 2.24) is 4.98 Å². The molecule has 82 valence electrons. The first-order valence-corrected chi connectivity index (χ1v) is 5.79. The average molecular weight is 225 g/mol. The Morgan fingerprint density at radius 2 is 2.33 bits per heavy atom. The SMILES string of the molecule is CCC(C)Sc1cc(C)ncc1C(=O)O. The molecule has 0 aliphatic heterocycles. The Morgan fingerprint density at radius 3 is 2.87 bits per heavy atom. The molecule has 0 aromatic carbocycles. The summed E-state index contributed by atoms with van der Waals surface area (Å²) in [7, 11) is 0. The molecule has 15 heavy (non-hydrogen) atoms. The van der Waals surface area contributed by atoms with E-state index in [1.54, 1.807) is 11.8 Å². The van der Waals surface area contributed by atoms with Crippen LogP contribution in [-0.2, 0) is 0 Å². The molecule has 0 amide bonds. The van der Waals surface area contributed by atoms with Crippen molar-refractivity contribution >= 4 is 17.7 Å². The number of aromatic carboxylic acids is 1. The summed E-state index contributed by atoms with van der Waals surface area (Å²) in [5.74, 6) is -0.909. The number of carboxylic acid groups (broad SMARTS) is 1. The van der Waals surface area contributed by atoms with Gasteiger partial charge in [-0.25, -0.2) is 4.79 Å². The maximum Gasteiger partial charge on any atom is 0.338 e. The highest BCUT2D eigenvalue weighted by Gasteiger charge is 2.13. The highest BCUT2D eigenvalue weighted by atomic mass is 32.2. The molecule has 1 rings (SSSR count). The quantitative estimate of drug-likeness (QED) is 0.800. The number of carboxylic acids is 1. The van der Waals surface area contributed by atoms with Crippen LogP contribution in [0.2, 0.25) is 0 Å². The van der Waals surface area contributed by atoms with Crippen LogP contribution >= 0.6 is 11.8 Å². The van der Waals surface area contributed by atoms with Crippen LogP contribution in [0.15, 0.2) is 17.2 Å². The zero-order valence-corrected chi connectivity index (χ0v) is 9.97. The molecule has 1 heterocycles. The number of pyridine rings is 1. The molecule has 0 radical (unpaired) electrons. The third kappa shape index (κ3) is 3.23. The van der Waals surface area contributed by atoms with Gasteiger partial charge >= 0.3 is 5.97 Å². The zero-order chi connectivity index (χ0) is 11.4. The van der Waals surface area contributed by atoms with Crippen LogP contribution in [0.3, 0.4) is 0 Å². The number of aryl methyl sites for hydroxylation is 1. The predicted octanol–water partition coefficient (Wildman–Crippen LogP) is 2.98. The molecule has 1 N–H and O–H groups in total. The number of hydrogen-bond acceptors (Lipinski definition) is 3. The summed E-state index contributed by atoms with van der Waals surface area (Å²) in [5.41, 5.74) is 1.15. The van der Waals surface area contributed by atoms with Crippen molar-refractivity contribution in [3.05, 3.63) is 23.5 Å². The molecule has 0 spiro atoms. The van der Waals surface area contributed by atoms with E-state index >= 15 is 0 Å². The van der Waals surface area contributed by atoms with Gasteiger partial charge in [0, 0.05) is 22.0 Å². The summed E-state index contributed by atoms with van der Waals surface area (Å²) in [5, 5.41) is 9.41. The average Bonchev–Trinajstić information content (AvgIpc) is 2.17. The second-order valence-corrected chi connectivity index (χ2v) is 4.94. The van der Waals surface area contributed by atoms with Crippen LogP contribution in [0.1, 0.15) is 36.3 Å². The topological polar surface area (TPSA) is 50.2 Å². The molecular formula is C11H15NO2S. The molecule has 4 heteroatoms. The minimum atomic E-state index is -0.909. The fraction of sp³-hybridized carbons (Fsp3) is 0.455. The largest absolute Gasteiger partial charge is 0.478 e. The Bertz CT molecular complexity index is 366. The Balaban J connectivity index is 3.02. The molecule has 1 aromatic heterocycles. The Kier molecular flexibility index (Phi) is 4.15. The highest BCUT2D eigenvalue weighted by molar-refractivity contribution is 8.00. The second-order valence-electron chi connectivity index (χ2n) is 3.46. The van der Waals surface area contributed by atoms with Crippen LogP contribution in [0.4, 0.5) is 0 Å². The number of thioether (sulfide) groups is 1. The van der Waals surface area contributed by atoms with Crippen LogP contribution in [-0.4, -0.2) is 21.3 Å². The summed E-state index contributed by atoms with van der Waals surface area (Å²) in [4.78, 5) is 15.8. The van der Waals surface area contributed by atoms with Crippen LogP contribution in [0.5, 0.6) is 0 Å². The Morgan fingerprint density at radius 1 is 1.67 bits per heavy atom. The fourth-order valence-electron chi connectivity index (χ4n) is 1.09. The highest BCUT2D eigenvalue weighted by Crippen LogP contribution is 2.28. The summed E-state index contributed by atoms with van der Waals surface area (Å²) < 4.78 is 0. The van der Waals surface area contributed by atoms with Gasteiger partial charge < -0.3 is 5.11 Å². The first-order chi connectivity index (χ1) is 7.04. The summed E-state index contributed by atoms with van der Waals surface area (Å²) in [6, 6.07) is 1.83. The molecule has 3 nitrogen and oxygen atoms in total. The van der Waals surface area contributed by atoms with Crippen molar-refractivity contribution < 1.29 is 9.90 Å². The third-order valence-electron chi connectivity index (χ3n) is 2.14. The summed E-state index contributed by atoms with van der Waals surface area (Å²) in [6.07, 6.45) is 2.45. The van der Waals surface area contributed by atoms with Crippen molar-refractivity contribution in [2.24, 2.45) is 0 Å². The number of carbonyl (C=O) groups is 1. The van der Waals surface area contributed by atoms with Gasteiger partial charge in [0.05, 0.1) is 5.56 Å². The van der Waals surface area contributed by atoms with Gasteiger partial charge in [-0.15, -0.1) is 11.8 Å². The molecule has 1 aromatic rings. The molecular weight excluding hydrogens is 210 g/mol. The first-order valence-electron chi connectivity index (χ1n) is 4.91. The standard InChI is InChI=1S/C11H15NO2S/c1-4-8(3)15-10-5-7(2)12-6-9(10)11(13)14/h5-6,8H,4H2,1-3H3,(H,13,14). The van der Waals surface area contributed by atoms with E-state index in [-0.39, 0.29) is 0 Å². The number of nitrogens with zero attached hydrogens (tertiary/aromatic N) is 1. The second kappa shape index (κ2) is 5.16. The van der Waals surface area contributed by atoms with Crippen molar-refractivity contribution in [1.29, 1.82) is 0 Å². The van der Waals surface area contributed by atoms with Crippen molar-refractivity contribution in [2.75, 3.05) is 0 Å². The lowest BCUT2D eigenvalue weighted by Crippen LogP contribution is -2.03. The van der Waals surface area contributed by atoms with E-state index in [9.17, 15) is 4.79 Å². The monoisotopic (exact) mass is 225 g/mol. The van der Waals surface area contributed by atoms with E-state index < -0.39 is 5.97 Å². The minimum Gasteiger partial charge on any atom is -0.478 e. The maximum absolute atomic E-state index is 10.9. The van der Waals surface area contributed by atoms with Gasteiger partial charge in [0.15, 0.2) is 0 Å². The lowest BCUT2D eigenvalue weighted by atomic mass is 10.2. The normalized spacial score (nSPS) is 12.5. The Hall–Kier alpha value is -1.03. The van der Waals surface area contributed by atoms with E-state index in [2.05, 4.69) is 18.8 Å². The molecule has 0 aliphatic rings. The minimum absolute atomic E-state index is 0.297. The zero-order valence-electron chi connectivity index (χ0n) is 9.15. The lowest BCUT2D eigenvalue weighted by Gasteiger charge is -2.10. The van der Waals surface area contributed by atoms with E-state index in [0.29, 0.717) is 10.8 Å². The van der Waals surface area contributed by atoms with Gasteiger partial charge in [-0.3, -0.25) is 4.98 Å².